The predicted molar refractivity (Wildman–Crippen MR) is 94.3 cm³/mol. The van der Waals surface area contributed by atoms with Gasteiger partial charge in [0.2, 0.25) is 0 Å². The monoisotopic (exact) mass is 278 g/mol. The molecule has 0 spiro atoms. The molecule has 0 saturated heterocycles. The molecule has 0 aromatic carbocycles. The van der Waals surface area contributed by atoms with Crippen LogP contribution in [0.4, 0.5) is 0 Å². The number of rotatable bonds is 15. The summed E-state index contributed by atoms with van der Waals surface area (Å²) in [7, 11) is 0. The third-order valence-corrected chi connectivity index (χ3v) is 3.83. The van der Waals surface area contributed by atoms with Gasteiger partial charge >= 0.3 is 0 Å². The predicted octanol–water partition coefficient (Wildman–Crippen LogP) is 7.60. The first-order valence-electron chi connectivity index (χ1n) is 9.23. The molecule has 118 valence electrons. The minimum Gasteiger partial charge on any atom is -0.0845 e. The Labute approximate surface area is 128 Å². The highest BCUT2D eigenvalue weighted by Gasteiger charge is 1.90. The van der Waals surface area contributed by atoms with E-state index in [1.54, 1.807) is 0 Å². The van der Waals surface area contributed by atoms with Crippen LogP contribution in [0.1, 0.15) is 104 Å². The third kappa shape index (κ3) is 17.5. The van der Waals surface area contributed by atoms with Crippen LogP contribution in [0.5, 0.6) is 0 Å². The van der Waals surface area contributed by atoms with E-state index in [9.17, 15) is 0 Å². The van der Waals surface area contributed by atoms with E-state index in [1.165, 1.54) is 89.9 Å². The van der Waals surface area contributed by atoms with E-state index in [4.69, 9.17) is 0 Å². The number of unbranched alkanes of at least 4 members (excludes halogenated alkanes) is 12. The second-order valence-corrected chi connectivity index (χ2v) is 5.97. The van der Waals surface area contributed by atoms with Gasteiger partial charge in [-0.05, 0) is 25.7 Å². The van der Waals surface area contributed by atoms with E-state index in [0.29, 0.717) is 0 Å². The van der Waals surface area contributed by atoms with Crippen LogP contribution in [-0.4, -0.2) is 0 Å². The topological polar surface area (TPSA) is 0 Å². The van der Waals surface area contributed by atoms with Crippen LogP contribution in [0.3, 0.4) is 0 Å². The van der Waals surface area contributed by atoms with Crippen LogP contribution >= 0.6 is 0 Å². The van der Waals surface area contributed by atoms with Crippen molar-refractivity contribution in [1.29, 1.82) is 0 Å². The minimum atomic E-state index is 1.25. The average Bonchev–Trinajstić information content (AvgIpc) is 2.47. The van der Waals surface area contributed by atoms with Crippen molar-refractivity contribution < 1.29 is 0 Å². The van der Waals surface area contributed by atoms with E-state index in [0.717, 1.165) is 0 Å². The molecule has 0 aliphatic carbocycles. The molecule has 0 atom stereocenters. The fourth-order valence-corrected chi connectivity index (χ4v) is 2.43. The maximum Gasteiger partial charge on any atom is -0.0348 e. The van der Waals surface area contributed by atoms with Gasteiger partial charge in [-0.1, -0.05) is 102 Å². The smallest absolute Gasteiger partial charge is 0.0348 e. The lowest BCUT2D eigenvalue weighted by molar-refractivity contribution is 0.577. The molecule has 0 nitrogen and oxygen atoms in total. The summed E-state index contributed by atoms with van der Waals surface area (Å²) in [4.78, 5) is 0. The van der Waals surface area contributed by atoms with E-state index in [1.807, 2.05) is 0 Å². The molecule has 0 aliphatic rings. The van der Waals surface area contributed by atoms with Crippen LogP contribution in [0.2, 0.25) is 0 Å². The lowest BCUT2D eigenvalue weighted by Gasteiger charge is -1.99. The molecule has 0 unspecified atom stereocenters. The molecule has 0 saturated carbocycles. The first-order chi connectivity index (χ1) is 9.91. The van der Waals surface area contributed by atoms with Gasteiger partial charge < -0.3 is 0 Å². The van der Waals surface area contributed by atoms with Gasteiger partial charge in [0.25, 0.3) is 0 Å². The Morgan fingerprint density at radius 2 is 0.800 bits per heavy atom. The van der Waals surface area contributed by atoms with E-state index < -0.39 is 0 Å². The highest BCUT2D eigenvalue weighted by atomic mass is 14.0. The van der Waals surface area contributed by atoms with Gasteiger partial charge in [-0.3, -0.25) is 0 Å². The zero-order valence-electron chi connectivity index (χ0n) is 14.2. The molecular formula is C20H38. The number of allylic oxidation sites excluding steroid dienone is 4. The second kappa shape index (κ2) is 18.5. The molecule has 0 radical (unpaired) electrons. The quantitative estimate of drug-likeness (QED) is 0.214. The first kappa shape index (κ1) is 19.5. The maximum atomic E-state index is 2.33. The molecule has 0 aliphatic heterocycles. The first-order valence-corrected chi connectivity index (χ1v) is 9.23. The summed E-state index contributed by atoms with van der Waals surface area (Å²) in [5, 5.41) is 0. The Bertz CT molecular complexity index is 212. The Balaban J connectivity index is 3.13. The van der Waals surface area contributed by atoms with E-state index in [-0.39, 0.29) is 0 Å². The molecular weight excluding hydrogens is 240 g/mol. The fraction of sp³-hybridized carbons (Fsp3) is 0.800. The minimum absolute atomic E-state index is 1.25. The van der Waals surface area contributed by atoms with Crippen molar-refractivity contribution in [2.75, 3.05) is 0 Å². The molecule has 20 heavy (non-hydrogen) atoms. The lowest BCUT2D eigenvalue weighted by Crippen LogP contribution is -1.79. The van der Waals surface area contributed by atoms with Crippen LogP contribution in [-0.2, 0) is 0 Å². The summed E-state index contributed by atoms with van der Waals surface area (Å²) in [5.41, 5.74) is 0. The van der Waals surface area contributed by atoms with Crippen LogP contribution in [0.25, 0.3) is 0 Å². The van der Waals surface area contributed by atoms with Crippen LogP contribution in [0, 0.1) is 0 Å². The van der Waals surface area contributed by atoms with Crippen LogP contribution in [0.15, 0.2) is 24.3 Å². The second-order valence-electron chi connectivity index (χ2n) is 5.97. The van der Waals surface area contributed by atoms with E-state index >= 15 is 0 Å². The van der Waals surface area contributed by atoms with Gasteiger partial charge in [-0.2, -0.15) is 0 Å². The van der Waals surface area contributed by atoms with Gasteiger partial charge in [-0.25, -0.2) is 0 Å². The van der Waals surface area contributed by atoms with Gasteiger partial charge in [0.15, 0.2) is 0 Å². The van der Waals surface area contributed by atoms with Crippen molar-refractivity contribution in [3.63, 3.8) is 0 Å². The Kier molecular flexibility index (Phi) is 18.0. The van der Waals surface area contributed by atoms with Crippen LogP contribution < -0.4 is 0 Å². The van der Waals surface area contributed by atoms with Crippen molar-refractivity contribution in [2.24, 2.45) is 0 Å². The summed E-state index contributed by atoms with van der Waals surface area (Å²) in [6, 6.07) is 0. The Morgan fingerprint density at radius 3 is 1.25 bits per heavy atom. The van der Waals surface area contributed by atoms with Crippen molar-refractivity contribution in [3.05, 3.63) is 24.3 Å². The zero-order chi connectivity index (χ0) is 14.7. The summed E-state index contributed by atoms with van der Waals surface area (Å²) >= 11 is 0. The summed E-state index contributed by atoms with van der Waals surface area (Å²) in [5.74, 6) is 0. The van der Waals surface area contributed by atoms with Crippen molar-refractivity contribution in [3.8, 4) is 0 Å². The molecule has 0 aromatic heterocycles. The summed E-state index contributed by atoms with van der Waals surface area (Å²) < 4.78 is 0. The van der Waals surface area contributed by atoms with Crippen molar-refractivity contribution in [1.82, 2.24) is 0 Å². The molecule has 0 amide bonds. The average molecular weight is 279 g/mol. The van der Waals surface area contributed by atoms with Gasteiger partial charge in [0, 0.05) is 0 Å². The summed E-state index contributed by atoms with van der Waals surface area (Å²) in [6.07, 6.45) is 28.4. The molecule has 0 bridgehead atoms. The third-order valence-electron chi connectivity index (χ3n) is 3.83. The lowest BCUT2D eigenvalue weighted by atomic mass is 10.1. The van der Waals surface area contributed by atoms with Gasteiger partial charge in [-0.15, -0.1) is 0 Å². The van der Waals surface area contributed by atoms with Crippen molar-refractivity contribution >= 4 is 0 Å². The maximum absolute atomic E-state index is 2.33. The largest absolute Gasteiger partial charge is 0.0845 e. The normalized spacial score (nSPS) is 11.9. The zero-order valence-corrected chi connectivity index (χ0v) is 14.2. The highest BCUT2D eigenvalue weighted by molar-refractivity contribution is 5.02. The SMILES string of the molecule is CCCCCCC=CC=CCCCCCCCCCC. The number of hydrogen-bond acceptors (Lipinski definition) is 0. The summed E-state index contributed by atoms with van der Waals surface area (Å²) in [6.45, 7) is 4.55. The molecule has 0 fully saturated rings. The van der Waals surface area contributed by atoms with Crippen molar-refractivity contribution in [2.45, 2.75) is 104 Å². The molecule has 0 heteroatoms. The Hall–Kier alpha value is -0.520. The molecule has 0 rings (SSSR count). The Morgan fingerprint density at radius 1 is 0.450 bits per heavy atom. The molecule has 0 aromatic rings. The molecule has 0 N–H and O–H groups in total. The fourth-order valence-electron chi connectivity index (χ4n) is 2.43. The highest BCUT2D eigenvalue weighted by Crippen LogP contribution is 2.09. The van der Waals surface area contributed by atoms with E-state index in [2.05, 4.69) is 38.2 Å². The number of hydrogen-bond donors (Lipinski definition) is 0. The van der Waals surface area contributed by atoms with Gasteiger partial charge in [0.05, 0.1) is 0 Å². The van der Waals surface area contributed by atoms with Gasteiger partial charge in [0.1, 0.15) is 0 Å². The molecule has 0 heterocycles. The standard InChI is InChI=1S/C20H38/c1-3-5-7-9-11-13-15-17-19-20-18-16-14-12-10-8-6-4-2/h13,15,17,19H,3-12,14,16,18,20H2,1-2H3.